The van der Waals surface area contributed by atoms with Crippen molar-refractivity contribution in [3.8, 4) is 0 Å². The second kappa shape index (κ2) is 6.19. The lowest BCUT2D eigenvalue weighted by Gasteiger charge is -2.39. The third-order valence-corrected chi connectivity index (χ3v) is 4.10. The molecular formula is C14H22N4O2. The number of nitrogens with two attached hydrogens (primary N) is 1. The average molecular weight is 278 g/mol. The lowest BCUT2D eigenvalue weighted by atomic mass is 10.1. The molecule has 1 fully saturated rings. The van der Waals surface area contributed by atoms with Crippen LogP contribution in [0.25, 0.3) is 0 Å². The number of benzene rings is 1. The van der Waals surface area contributed by atoms with Gasteiger partial charge < -0.3 is 10.6 Å². The fourth-order valence-electron chi connectivity index (χ4n) is 2.73. The Morgan fingerprint density at radius 1 is 1.45 bits per heavy atom. The molecule has 1 aliphatic rings. The van der Waals surface area contributed by atoms with E-state index in [1.807, 2.05) is 6.07 Å². The van der Waals surface area contributed by atoms with Crippen LogP contribution in [-0.4, -0.2) is 47.4 Å². The molecule has 6 nitrogen and oxygen atoms in total. The SMILES string of the molecule is CCC1CN(Cc2cccc([N+](=O)[O-])c2N)CCN1C. The highest BCUT2D eigenvalue weighted by Gasteiger charge is 2.24. The van der Waals surface area contributed by atoms with Crippen LogP contribution in [0.15, 0.2) is 18.2 Å². The molecule has 1 saturated heterocycles. The van der Waals surface area contributed by atoms with Gasteiger partial charge in [0.2, 0.25) is 0 Å². The highest BCUT2D eigenvalue weighted by atomic mass is 16.6. The molecule has 0 radical (unpaired) electrons. The van der Waals surface area contributed by atoms with Crippen molar-refractivity contribution in [2.24, 2.45) is 0 Å². The number of rotatable bonds is 4. The summed E-state index contributed by atoms with van der Waals surface area (Å²) in [5.41, 5.74) is 7.06. The molecule has 1 aromatic carbocycles. The largest absolute Gasteiger partial charge is 0.393 e. The van der Waals surface area contributed by atoms with E-state index >= 15 is 0 Å². The average Bonchev–Trinajstić information content (AvgIpc) is 2.42. The Labute approximate surface area is 119 Å². The molecule has 1 atom stereocenters. The van der Waals surface area contributed by atoms with Gasteiger partial charge in [0.25, 0.3) is 5.69 Å². The van der Waals surface area contributed by atoms with Crippen LogP contribution in [0.2, 0.25) is 0 Å². The third-order valence-electron chi connectivity index (χ3n) is 4.10. The van der Waals surface area contributed by atoms with Crippen LogP contribution < -0.4 is 5.73 Å². The van der Waals surface area contributed by atoms with Crippen molar-refractivity contribution in [1.82, 2.24) is 9.80 Å². The molecule has 0 aromatic heterocycles. The molecule has 0 aliphatic carbocycles. The Morgan fingerprint density at radius 3 is 2.85 bits per heavy atom. The van der Waals surface area contributed by atoms with Crippen molar-refractivity contribution in [2.75, 3.05) is 32.4 Å². The van der Waals surface area contributed by atoms with E-state index < -0.39 is 4.92 Å². The summed E-state index contributed by atoms with van der Waals surface area (Å²) >= 11 is 0. The highest BCUT2D eigenvalue weighted by molar-refractivity contribution is 5.62. The van der Waals surface area contributed by atoms with E-state index in [1.165, 1.54) is 6.07 Å². The smallest absolute Gasteiger partial charge is 0.292 e. The van der Waals surface area contributed by atoms with E-state index in [0.717, 1.165) is 31.6 Å². The van der Waals surface area contributed by atoms with Gasteiger partial charge in [-0.1, -0.05) is 19.1 Å². The topological polar surface area (TPSA) is 75.6 Å². The van der Waals surface area contributed by atoms with Crippen LogP contribution in [0.3, 0.4) is 0 Å². The zero-order valence-electron chi connectivity index (χ0n) is 12.1. The molecule has 6 heteroatoms. The molecule has 1 unspecified atom stereocenters. The first-order valence-corrected chi connectivity index (χ1v) is 6.97. The normalized spacial score (nSPS) is 21.0. The quantitative estimate of drug-likeness (QED) is 0.515. The van der Waals surface area contributed by atoms with Gasteiger partial charge in [-0.2, -0.15) is 0 Å². The van der Waals surface area contributed by atoms with Gasteiger partial charge in [-0.3, -0.25) is 15.0 Å². The van der Waals surface area contributed by atoms with Gasteiger partial charge in [-0.15, -0.1) is 0 Å². The maximum absolute atomic E-state index is 10.9. The molecule has 0 spiro atoms. The maximum atomic E-state index is 10.9. The predicted molar refractivity (Wildman–Crippen MR) is 79.5 cm³/mol. The number of nitro groups is 1. The van der Waals surface area contributed by atoms with Crippen molar-refractivity contribution in [3.63, 3.8) is 0 Å². The summed E-state index contributed by atoms with van der Waals surface area (Å²) < 4.78 is 0. The summed E-state index contributed by atoms with van der Waals surface area (Å²) in [6, 6.07) is 5.58. The lowest BCUT2D eigenvalue weighted by Crippen LogP contribution is -2.50. The second-order valence-corrected chi connectivity index (χ2v) is 5.38. The van der Waals surface area contributed by atoms with Crippen LogP contribution in [0.5, 0.6) is 0 Å². The lowest BCUT2D eigenvalue weighted by molar-refractivity contribution is -0.384. The predicted octanol–water partition coefficient (Wildman–Crippen LogP) is 1.70. The van der Waals surface area contributed by atoms with Crippen molar-refractivity contribution < 1.29 is 4.92 Å². The number of nitro benzene ring substituents is 1. The number of likely N-dealkylation sites (N-methyl/N-ethyl adjacent to an activating group) is 1. The van der Waals surface area contributed by atoms with Crippen LogP contribution in [-0.2, 0) is 6.54 Å². The Balaban J connectivity index is 2.11. The Kier molecular flexibility index (Phi) is 4.57. The maximum Gasteiger partial charge on any atom is 0.292 e. The fraction of sp³-hybridized carbons (Fsp3) is 0.571. The second-order valence-electron chi connectivity index (χ2n) is 5.38. The van der Waals surface area contributed by atoms with E-state index in [1.54, 1.807) is 6.07 Å². The van der Waals surface area contributed by atoms with E-state index in [4.69, 9.17) is 5.73 Å². The Morgan fingerprint density at radius 2 is 2.20 bits per heavy atom. The zero-order valence-corrected chi connectivity index (χ0v) is 12.1. The number of hydrogen-bond acceptors (Lipinski definition) is 5. The summed E-state index contributed by atoms with van der Waals surface area (Å²) in [6.45, 7) is 5.84. The monoisotopic (exact) mass is 278 g/mol. The first-order valence-electron chi connectivity index (χ1n) is 6.97. The molecule has 20 heavy (non-hydrogen) atoms. The first kappa shape index (κ1) is 14.7. The minimum atomic E-state index is -0.419. The molecular weight excluding hydrogens is 256 g/mol. The first-order chi connectivity index (χ1) is 9.52. The zero-order chi connectivity index (χ0) is 14.7. The summed E-state index contributed by atoms with van der Waals surface area (Å²) in [4.78, 5) is 15.2. The number of nitrogen functional groups attached to an aromatic ring is 1. The molecule has 2 rings (SSSR count). The molecule has 0 amide bonds. The molecule has 110 valence electrons. The fourth-order valence-corrected chi connectivity index (χ4v) is 2.73. The summed E-state index contributed by atoms with van der Waals surface area (Å²) in [5.74, 6) is 0. The van der Waals surface area contributed by atoms with E-state index in [9.17, 15) is 10.1 Å². The van der Waals surface area contributed by atoms with Crippen LogP contribution in [0.4, 0.5) is 11.4 Å². The Bertz CT molecular complexity index is 492. The van der Waals surface area contributed by atoms with Gasteiger partial charge in [0.05, 0.1) is 4.92 Å². The standard InChI is InChI=1S/C14H22N4O2/c1-3-12-10-17(8-7-16(12)2)9-11-5-4-6-13(14(11)15)18(19)20/h4-6,12H,3,7-10,15H2,1-2H3. The van der Waals surface area contributed by atoms with Crippen molar-refractivity contribution in [1.29, 1.82) is 0 Å². The summed E-state index contributed by atoms with van der Waals surface area (Å²) in [7, 11) is 2.15. The van der Waals surface area contributed by atoms with Crippen molar-refractivity contribution in [3.05, 3.63) is 33.9 Å². The highest BCUT2D eigenvalue weighted by Crippen LogP contribution is 2.26. The van der Waals surface area contributed by atoms with Gasteiger partial charge in [0.15, 0.2) is 0 Å². The van der Waals surface area contributed by atoms with Gasteiger partial charge in [-0.05, 0) is 19.0 Å². The number of para-hydroxylation sites is 1. The molecule has 0 saturated carbocycles. The van der Waals surface area contributed by atoms with Crippen LogP contribution in [0, 0.1) is 10.1 Å². The molecule has 1 aliphatic heterocycles. The van der Waals surface area contributed by atoms with E-state index in [-0.39, 0.29) is 5.69 Å². The number of piperazine rings is 1. The van der Waals surface area contributed by atoms with Gasteiger partial charge >= 0.3 is 0 Å². The van der Waals surface area contributed by atoms with Crippen molar-refractivity contribution in [2.45, 2.75) is 25.9 Å². The van der Waals surface area contributed by atoms with Gasteiger partial charge in [0.1, 0.15) is 5.69 Å². The van der Waals surface area contributed by atoms with Crippen LogP contribution in [0.1, 0.15) is 18.9 Å². The van der Waals surface area contributed by atoms with Gasteiger partial charge in [-0.25, -0.2) is 0 Å². The summed E-state index contributed by atoms with van der Waals surface area (Å²) in [5, 5.41) is 10.9. The number of anilines is 1. The third kappa shape index (κ3) is 3.08. The molecule has 1 aromatic rings. The van der Waals surface area contributed by atoms with Gasteiger partial charge in [0, 0.05) is 38.3 Å². The van der Waals surface area contributed by atoms with Crippen LogP contribution >= 0.6 is 0 Å². The number of nitrogens with zero attached hydrogens (tertiary/aromatic N) is 3. The number of hydrogen-bond donors (Lipinski definition) is 1. The van der Waals surface area contributed by atoms with E-state index in [2.05, 4.69) is 23.8 Å². The summed E-state index contributed by atoms with van der Waals surface area (Å²) in [6.07, 6.45) is 1.11. The molecule has 0 bridgehead atoms. The molecule has 2 N–H and O–H groups in total. The Hall–Kier alpha value is -1.66. The van der Waals surface area contributed by atoms with E-state index in [0.29, 0.717) is 18.3 Å². The minimum Gasteiger partial charge on any atom is -0.393 e. The minimum absolute atomic E-state index is 0.00340. The van der Waals surface area contributed by atoms with Crippen molar-refractivity contribution >= 4 is 11.4 Å². The molecule has 1 heterocycles.